The summed E-state index contributed by atoms with van der Waals surface area (Å²) in [7, 11) is 0. The predicted octanol–water partition coefficient (Wildman–Crippen LogP) is 7.41. The van der Waals surface area contributed by atoms with Gasteiger partial charge in [0.05, 0.1) is 24.2 Å². The van der Waals surface area contributed by atoms with Crippen molar-refractivity contribution in [1.82, 2.24) is 0 Å². The monoisotopic (exact) mass is 606 g/mol. The Balaban J connectivity index is 0.000000262. The Bertz CT molecular complexity index is 1070. The maximum absolute atomic E-state index is 11.9. The van der Waals surface area contributed by atoms with E-state index in [0.29, 0.717) is 19.6 Å². The van der Waals surface area contributed by atoms with Gasteiger partial charge in [-0.25, -0.2) is 4.79 Å². The number of esters is 1. The van der Waals surface area contributed by atoms with Gasteiger partial charge in [-0.3, -0.25) is 0 Å². The summed E-state index contributed by atoms with van der Waals surface area (Å²) in [5, 5.41) is 10.2. The van der Waals surface area contributed by atoms with E-state index in [4.69, 9.17) is 42.1 Å². The summed E-state index contributed by atoms with van der Waals surface area (Å²) in [6.07, 6.45) is 3.27. The van der Waals surface area contributed by atoms with E-state index in [9.17, 15) is 9.90 Å². The molecule has 0 spiro atoms. The van der Waals surface area contributed by atoms with Crippen LogP contribution in [0.25, 0.3) is 0 Å². The topological polar surface area (TPSA) is 74.2 Å². The van der Waals surface area contributed by atoms with Crippen molar-refractivity contribution in [2.24, 2.45) is 11.8 Å². The summed E-state index contributed by atoms with van der Waals surface area (Å²) in [4.78, 5) is 11.9. The van der Waals surface area contributed by atoms with Crippen LogP contribution >= 0.6 is 23.2 Å². The Morgan fingerprint density at radius 2 is 1.32 bits per heavy atom. The zero-order valence-corrected chi connectivity index (χ0v) is 26.0. The number of rotatable bonds is 10. The summed E-state index contributed by atoms with van der Waals surface area (Å²) in [6, 6.07) is 19.8. The van der Waals surface area contributed by atoms with Crippen LogP contribution in [0.1, 0.15) is 51.7 Å². The van der Waals surface area contributed by atoms with Gasteiger partial charge in [-0.1, -0.05) is 101 Å². The van der Waals surface area contributed by atoms with Crippen molar-refractivity contribution in [1.29, 1.82) is 0 Å². The van der Waals surface area contributed by atoms with Gasteiger partial charge in [-0.15, -0.1) is 29.8 Å². The van der Waals surface area contributed by atoms with Gasteiger partial charge >= 0.3 is 5.97 Å². The van der Waals surface area contributed by atoms with Gasteiger partial charge in [0.25, 0.3) is 0 Å². The highest BCUT2D eigenvalue weighted by molar-refractivity contribution is 6.40. The minimum Gasteiger partial charge on any atom is -0.452 e. The molecule has 0 amide bonds. The van der Waals surface area contributed by atoms with Crippen molar-refractivity contribution >= 4 is 29.2 Å². The minimum atomic E-state index is -0.892. The third kappa shape index (κ3) is 8.90. The fourth-order valence-electron chi connectivity index (χ4n) is 5.24. The molecule has 7 atom stereocenters. The highest BCUT2D eigenvalue weighted by atomic mass is 35.5. The molecule has 0 aliphatic carbocycles. The first-order valence-corrected chi connectivity index (χ1v) is 15.0. The Labute approximate surface area is 255 Å². The molecule has 4 rings (SSSR count). The molecule has 2 aromatic carbocycles. The number of cyclic esters (lactones) is 1. The lowest BCUT2D eigenvalue weighted by Crippen LogP contribution is -2.34. The largest absolute Gasteiger partial charge is 0.452 e. The van der Waals surface area contributed by atoms with Crippen LogP contribution in [0.4, 0.5) is 0 Å². The second-order valence-corrected chi connectivity index (χ2v) is 10.9. The Hall–Kier alpha value is -2.19. The molecule has 0 radical (unpaired) electrons. The lowest BCUT2D eigenvalue weighted by Gasteiger charge is -2.28. The second kappa shape index (κ2) is 17.1. The quantitative estimate of drug-likeness (QED) is 0.172. The first kappa shape index (κ1) is 35.0. The van der Waals surface area contributed by atoms with Crippen molar-refractivity contribution in [2.75, 3.05) is 5.34 Å². The van der Waals surface area contributed by atoms with Crippen molar-refractivity contribution in [3.63, 3.8) is 0 Å². The fraction of sp³-hybridized carbons (Fsp3) is 0.485. The molecule has 2 heterocycles. The smallest absolute Gasteiger partial charge is 0.336 e. The molecule has 0 saturated carbocycles. The molecule has 1 N–H and O–H groups in total. The lowest BCUT2D eigenvalue weighted by atomic mass is 9.85. The summed E-state index contributed by atoms with van der Waals surface area (Å²) >= 11 is 9.53. The zero-order chi connectivity index (χ0) is 30.5. The molecule has 0 bridgehead atoms. The number of aliphatic hydroxyl groups is 1. The zero-order valence-electron chi connectivity index (χ0n) is 24.5. The number of halogens is 2. The van der Waals surface area contributed by atoms with E-state index in [-0.39, 0.29) is 29.2 Å². The maximum atomic E-state index is 11.9. The molecule has 6 nitrogen and oxygen atoms in total. The molecule has 1 unspecified atom stereocenters. The predicted molar refractivity (Wildman–Crippen MR) is 165 cm³/mol. The number of carbonyl (C=O) groups is 1. The molecule has 2 aliphatic rings. The molecule has 8 heteroatoms. The maximum Gasteiger partial charge on any atom is 0.336 e. The van der Waals surface area contributed by atoms with E-state index in [2.05, 4.69) is 13.2 Å². The average molecular weight is 608 g/mol. The molecular formula is C33H44Cl2O6. The van der Waals surface area contributed by atoms with Gasteiger partial charge < -0.3 is 24.1 Å². The van der Waals surface area contributed by atoms with Gasteiger partial charge in [0.15, 0.2) is 12.4 Å². The van der Waals surface area contributed by atoms with Crippen LogP contribution in [0, 0.1) is 11.8 Å². The Morgan fingerprint density at radius 3 is 1.71 bits per heavy atom. The number of carbonyl (C=O) groups excluding carboxylic acids is 1. The number of ether oxygens (including phenoxy) is 4. The molecule has 2 aliphatic heterocycles. The normalized spacial score (nSPS) is 30.3. The highest BCUT2D eigenvalue weighted by Gasteiger charge is 2.51. The SMILES string of the molecule is C=C[C@]1(CC)OC(=O)[C@H](OCc2ccccc2)[C@@H]1C.C=C[C@]1(CC)OC(O)[C@H](OCc2ccccc2)[C@@H]1C.ClCCl. The summed E-state index contributed by atoms with van der Waals surface area (Å²) < 4.78 is 22.8. The highest BCUT2D eigenvalue weighted by Crippen LogP contribution is 2.41. The van der Waals surface area contributed by atoms with Crippen molar-refractivity contribution in [3.8, 4) is 0 Å². The lowest BCUT2D eigenvalue weighted by molar-refractivity contribution is -0.159. The van der Waals surface area contributed by atoms with Gasteiger partial charge in [0.1, 0.15) is 11.7 Å². The van der Waals surface area contributed by atoms with Crippen LogP contribution in [0.5, 0.6) is 0 Å². The molecule has 2 saturated heterocycles. The van der Waals surface area contributed by atoms with Gasteiger partial charge in [0.2, 0.25) is 0 Å². The van der Waals surface area contributed by atoms with Gasteiger partial charge in [0, 0.05) is 11.8 Å². The Kier molecular flexibility index (Phi) is 14.6. The van der Waals surface area contributed by atoms with Crippen LogP contribution in [0.2, 0.25) is 0 Å². The van der Waals surface area contributed by atoms with Crippen molar-refractivity contribution in [3.05, 3.63) is 97.1 Å². The van der Waals surface area contributed by atoms with Crippen LogP contribution < -0.4 is 0 Å². The fourth-order valence-corrected chi connectivity index (χ4v) is 5.24. The first-order valence-electron chi connectivity index (χ1n) is 14.0. The summed E-state index contributed by atoms with van der Waals surface area (Å²) in [5.41, 5.74) is 1.07. The van der Waals surface area contributed by atoms with E-state index >= 15 is 0 Å². The average Bonchev–Trinajstić information content (AvgIpc) is 3.39. The van der Waals surface area contributed by atoms with E-state index in [1.165, 1.54) is 0 Å². The molecule has 2 aromatic rings. The molecule has 2 fully saturated rings. The summed E-state index contributed by atoms with van der Waals surface area (Å²) in [5.74, 6) is -0.231. The van der Waals surface area contributed by atoms with Crippen LogP contribution in [-0.4, -0.2) is 46.1 Å². The van der Waals surface area contributed by atoms with Crippen LogP contribution in [0.15, 0.2) is 86.0 Å². The molecular weight excluding hydrogens is 563 g/mol. The van der Waals surface area contributed by atoms with Crippen molar-refractivity contribution < 1.29 is 28.8 Å². The standard InChI is InChI=1S/C16H22O3.C16H20O3.CH2Cl2/c2*1-4-16(5-2)12(3)14(15(17)19-16)18-11-13-9-7-6-8-10-13;2-1-3/h4,6-10,12,14-15,17H,1,5,11H2,2-3H3;4,6-10,12,14H,1,5,11H2,2-3H3;1H2/t12-,14+,15?,16+;12-,14+,16+;/m00./s1. The van der Waals surface area contributed by atoms with Crippen molar-refractivity contribution in [2.45, 2.75) is 83.5 Å². The third-order valence-electron chi connectivity index (χ3n) is 7.99. The van der Waals surface area contributed by atoms with E-state index < -0.39 is 23.6 Å². The molecule has 0 aromatic heterocycles. The first-order chi connectivity index (χ1) is 19.7. The number of hydrogen-bond acceptors (Lipinski definition) is 6. The molecule has 226 valence electrons. The molecule has 41 heavy (non-hydrogen) atoms. The number of hydrogen-bond donors (Lipinski definition) is 1. The van der Waals surface area contributed by atoms with E-state index in [0.717, 1.165) is 17.5 Å². The third-order valence-corrected chi connectivity index (χ3v) is 7.99. The summed E-state index contributed by atoms with van der Waals surface area (Å²) in [6.45, 7) is 16.6. The number of aliphatic hydroxyl groups excluding tert-OH is 1. The second-order valence-electron chi connectivity index (χ2n) is 10.1. The Morgan fingerprint density at radius 1 is 0.854 bits per heavy atom. The van der Waals surface area contributed by atoms with Gasteiger partial charge in [-0.2, -0.15) is 0 Å². The number of alkyl halides is 2. The van der Waals surface area contributed by atoms with E-state index in [1.54, 1.807) is 12.2 Å². The van der Waals surface area contributed by atoms with Crippen LogP contribution in [-0.2, 0) is 37.0 Å². The van der Waals surface area contributed by atoms with Gasteiger partial charge in [-0.05, 0) is 30.0 Å². The van der Waals surface area contributed by atoms with E-state index in [1.807, 2.05) is 88.4 Å². The van der Waals surface area contributed by atoms with Crippen LogP contribution in [0.3, 0.4) is 0 Å². The minimum absolute atomic E-state index is 0.0220. The number of benzene rings is 2.